The van der Waals surface area contributed by atoms with E-state index in [0.717, 1.165) is 61.8 Å². The van der Waals surface area contributed by atoms with Crippen molar-refractivity contribution in [2.24, 2.45) is 5.92 Å². The molecule has 0 N–H and O–H groups in total. The lowest BCUT2D eigenvalue weighted by Gasteiger charge is -2.31. The topological polar surface area (TPSA) is 59.7 Å². The first-order chi connectivity index (χ1) is 13.7. The van der Waals surface area contributed by atoms with Crippen molar-refractivity contribution in [1.82, 2.24) is 14.6 Å². The third-order valence-corrected chi connectivity index (χ3v) is 6.31. The van der Waals surface area contributed by atoms with Crippen molar-refractivity contribution in [3.8, 4) is 5.75 Å². The summed E-state index contributed by atoms with van der Waals surface area (Å²) in [6, 6.07) is 9.96. The van der Waals surface area contributed by atoms with Crippen molar-refractivity contribution in [3.05, 3.63) is 51.9 Å². The summed E-state index contributed by atoms with van der Waals surface area (Å²) in [4.78, 5) is 19.9. The summed E-state index contributed by atoms with van der Waals surface area (Å²) in [6.07, 6.45) is 5.13. The highest BCUT2D eigenvalue weighted by Crippen LogP contribution is 2.29. The predicted molar refractivity (Wildman–Crippen MR) is 113 cm³/mol. The molecule has 1 aliphatic heterocycles. The van der Waals surface area contributed by atoms with Crippen molar-refractivity contribution in [1.29, 1.82) is 0 Å². The van der Waals surface area contributed by atoms with Crippen LogP contribution in [0.4, 0.5) is 5.13 Å². The van der Waals surface area contributed by atoms with Crippen molar-refractivity contribution in [2.45, 2.75) is 39.0 Å². The highest BCUT2D eigenvalue weighted by Gasteiger charge is 2.23. The largest absolute Gasteiger partial charge is 0.497 e. The number of nitrogens with zero attached hydrogens (tertiary/aromatic N) is 4. The molecule has 0 spiro atoms. The first-order valence-electron chi connectivity index (χ1n) is 9.94. The van der Waals surface area contributed by atoms with Gasteiger partial charge in [-0.05, 0) is 49.3 Å². The average molecular weight is 399 g/mol. The molecule has 1 saturated heterocycles. The molecule has 7 heteroatoms. The molecular weight excluding hydrogens is 372 g/mol. The lowest BCUT2D eigenvalue weighted by Crippen LogP contribution is -2.34. The fourth-order valence-electron chi connectivity index (χ4n) is 3.82. The summed E-state index contributed by atoms with van der Waals surface area (Å²) in [5, 5.41) is 5.44. The minimum Gasteiger partial charge on any atom is -0.497 e. The van der Waals surface area contributed by atoms with Crippen LogP contribution in [0.3, 0.4) is 0 Å². The van der Waals surface area contributed by atoms with E-state index in [-0.39, 0.29) is 5.56 Å². The van der Waals surface area contributed by atoms with Crippen LogP contribution in [0.15, 0.2) is 35.1 Å². The predicted octanol–water partition coefficient (Wildman–Crippen LogP) is 3.57. The third-order valence-electron chi connectivity index (χ3n) is 5.34. The molecule has 0 unspecified atom stereocenters. The molecule has 3 heterocycles. The molecule has 1 aliphatic rings. The Morgan fingerprint density at radius 1 is 1.25 bits per heavy atom. The van der Waals surface area contributed by atoms with E-state index in [0.29, 0.717) is 10.9 Å². The number of benzene rings is 1. The monoisotopic (exact) mass is 398 g/mol. The lowest BCUT2D eigenvalue weighted by atomic mass is 9.90. The number of rotatable bonds is 6. The summed E-state index contributed by atoms with van der Waals surface area (Å²) in [5.41, 5.74) is 2.11. The van der Waals surface area contributed by atoms with Gasteiger partial charge < -0.3 is 9.64 Å². The van der Waals surface area contributed by atoms with E-state index >= 15 is 0 Å². The minimum atomic E-state index is -0.0798. The Morgan fingerprint density at radius 3 is 2.82 bits per heavy atom. The quantitative estimate of drug-likeness (QED) is 0.635. The van der Waals surface area contributed by atoms with Gasteiger partial charge in [0.25, 0.3) is 5.56 Å². The van der Waals surface area contributed by atoms with Crippen LogP contribution in [0.2, 0.25) is 0 Å². The van der Waals surface area contributed by atoms with E-state index in [2.05, 4.69) is 40.1 Å². The van der Waals surface area contributed by atoms with Gasteiger partial charge in [0, 0.05) is 24.8 Å². The van der Waals surface area contributed by atoms with Gasteiger partial charge in [-0.25, -0.2) is 4.98 Å². The van der Waals surface area contributed by atoms with Gasteiger partial charge in [-0.15, -0.1) is 5.10 Å². The summed E-state index contributed by atoms with van der Waals surface area (Å²) in [7, 11) is 1.71. The third kappa shape index (κ3) is 4.04. The number of hydrogen-bond acceptors (Lipinski definition) is 6. The van der Waals surface area contributed by atoms with E-state index in [1.165, 1.54) is 21.4 Å². The molecule has 0 saturated carbocycles. The van der Waals surface area contributed by atoms with Crippen molar-refractivity contribution >= 4 is 21.4 Å². The summed E-state index contributed by atoms with van der Waals surface area (Å²) in [5.74, 6) is 1.58. The van der Waals surface area contributed by atoms with Crippen molar-refractivity contribution in [3.63, 3.8) is 0 Å². The van der Waals surface area contributed by atoms with Crippen LogP contribution in [0.25, 0.3) is 4.96 Å². The van der Waals surface area contributed by atoms with Crippen LogP contribution >= 0.6 is 11.3 Å². The molecule has 0 aliphatic carbocycles. The molecule has 1 fully saturated rings. The molecule has 0 bridgehead atoms. The number of aromatic nitrogens is 3. The fraction of sp³-hybridized carbons (Fsp3) is 0.476. The van der Waals surface area contributed by atoms with E-state index in [9.17, 15) is 4.79 Å². The Labute approximate surface area is 168 Å². The molecule has 0 radical (unpaired) electrons. The highest BCUT2D eigenvalue weighted by molar-refractivity contribution is 7.20. The number of aryl methyl sites for hydroxylation is 1. The number of anilines is 1. The standard InChI is InChI=1S/C21H26N4O2S/c1-3-5-17-14-19(26)25-20(22-17)28-21(23-25)24-10-8-15(9-11-24)12-16-6-4-7-18(13-16)27-2/h4,6-7,13-15H,3,5,8-12H2,1-2H3. The Balaban J connectivity index is 1.43. The van der Waals surface area contributed by atoms with Gasteiger partial charge in [0.05, 0.1) is 7.11 Å². The second kappa shape index (κ2) is 8.31. The maximum absolute atomic E-state index is 12.3. The van der Waals surface area contributed by atoms with Gasteiger partial charge in [0.2, 0.25) is 10.1 Å². The van der Waals surface area contributed by atoms with E-state index in [1.807, 2.05) is 6.07 Å². The highest BCUT2D eigenvalue weighted by atomic mass is 32.1. The summed E-state index contributed by atoms with van der Waals surface area (Å²) in [6.45, 7) is 4.02. The maximum atomic E-state index is 12.3. The van der Waals surface area contributed by atoms with Gasteiger partial charge >= 0.3 is 0 Å². The van der Waals surface area contributed by atoms with Crippen LogP contribution in [0.1, 0.15) is 37.4 Å². The number of piperidine rings is 1. The van der Waals surface area contributed by atoms with Crippen LogP contribution in [0.5, 0.6) is 5.75 Å². The maximum Gasteiger partial charge on any atom is 0.275 e. The smallest absolute Gasteiger partial charge is 0.275 e. The van der Waals surface area contributed by atoms with Crippen LogP contribution < -0.4 is 15.2 Å². The van der Waals surface area contributed by atoms with Gasteiger partial charge in [0.15, 0.2) is 0 Å². The normalized spacial score (nSPS) is 15.3. The molecule has 0 amide bonds. The minimum absolute atomic E-state index is 0.0798. The zero-order chi connectivity index (χ0) is 19.5. The average Bonchev–Trinajstić information content (AvgIpc) is 3.14. The molecular formula is C21H26N4O2S. The Morgan fingerprint density at radius 2 is 2.07 bits per heavy atom. The number of fused-ring (bicyclic) bond motifs is 1. The second-order valence-corrected chi connectivity index (χ2v) is 8.34. The molecule has 0 atom stereocenters. The molecule has 1 aromatic carbocycles. The van der Waals surface area contributed by atoms with E-state index in [4.69, 9.17) is 4.74 Å². The zero-order valence-electron chi connectivity index (χ0n) is 16.4. The van der Waals surface area contributed by atoms with Crippen LogP contribution in [0, 0.1) is 5.92 Å². The SMILES string of the molecule is CCCc1cc(=O)n2nc(N3CCC(Cc4cccc(OC)c4)CC3)sc2n1. The first kappa shape index (κ1) is 18.9. The van der Waals surface area contributed by atoms with E-state index in [1.54, 1.807) is 13.2 Å². The zero-order valence-corrected chi connectivity index (χ0v) is 17.2. The Bertz CT molecular complexity index is 1010. The molecule has 6 nitrogen and oxygen atoms in total. The van der Waals surface area contributed by atoms with Crippen LogP contribution in [-0.4, -0.2) is 34.8 Å². The number of ether oxygens (including phenoxy) is 1. The molecule has 28 heavy (non-hydrogen) atoms. The Kier molecular flexibility index (Phi) is 5.62. The molecule has 148 valence electrons. The Hall–Kier alpha value is -2.41. The lowest BCUT2D eigenvalue weighted by molar-refractivity contribution is 0.398. The van der Waals surface area contributed by atoms with Crippen molar-refractivity contribution in [2.75, 3.05) is 25.1 Å². The summed E-state index contributed by atoms with van der Waals surface area (Å²) < 4.78 is 6.78. The first-order valence-corrected chi connectivity index (χ1v) is 10.8. The van der Waals surface area contributed by atoms with Gasteiger partial charge in [-0.2, -0.15) is 4.52 Å². The van der Waals surface area contributed by atoms with Gasteiger partial charge in [0.1, 0.15) is 5.75 Å². The second-order valence-electron chi connectivity index (χ2n) is 7.40. The van der Waals surface area contributed by atoms with Gasteiger partial charge in [-0.3, -0.25) is 4.79 Å². The molecule has 3 aromatic rings. The number of hydrogen-bond donors (Lipinski definition) is 0. The van der Waals surface area contributed by atoms with Crippen LogP contribution in [-0.2, 0) is 12.8 Å². The van der Waals surface area contributed by atoms with Gasteiger partial charge in [-0.1, -0.05) is 36.8 Å². The molecule has 4 rings (SSSR count). The fourth-order valence-corrected chi connectivity index (χ4v) is 4.80. The molecule has 2 aromatic heterocycles. The van der Waals surface area contributed by atoms with E-state index < -0.39 is 0 Å². The number of methoxy groups -OCH3 is 1. The van der Waals surface area contributed by atoms with Crippen molar-refractivity contribution < 1.29 is 4.74 Å². The summed E-state index contributed by atoms with van der Waals surface area (Å²) >= 11 is 1.52.